The Kier molecular flexibility index (Phi) is 5.25. The van der Waals surface area contributed by atoms with E-state index in [-0.39, 0.29) is 11.4 Å². The van der Waals surface area contributed by atoms with Gasteiger partial charge in [0.1, 0.15) is 5.75 Å². The van der Waals surface area contributed by atoms with Crippen LogP contribution in [0.2, 0.25) is 0 Å². The number of hydrogen-bond acceptors (Lipinski definition) is 5. The molecule has 1 aromatic heterocycles. The molecule has 0 aliphatic heterocycles. The van der Waals surface area contributed by atoms with E-state index < -0.39 is 17.5 Å². The van der Waals surface area contributed by atoms with Crippen LogP contribution in [0.5, 0.6) is 5.75 Å². The van der Waals surface area contributed by atoms with E-state index >= 15 is 0 Å². The molecule has 0 aliphatic rings. The van der Waals surface area contributed by atoms with Gasteiger partial charge in [-0.15, -0.1) is 10.2 Å². The molecular weight excluding hydrogens is 354 g/mol. The second-order valence-electron chi connectivity index (χ2n) is 5.72. The maximum absolute atomic E-state index is 13.2. The highest BCUT2D eigenvalue weighted by Gasteiger charge is 2.11. The molecule has 0 atom stereocenters. The van der Waals surface area contributed by atoms with Crippen molar-refractivity contribution in [1.82, 2.24) is 10.2 Å². The van der Waals surface area contributed by atoms with Crippen molar-refractivity contribution in [2.75, 3.05) is 17.7 Å². The fourth-order valence-corrected chi connectivity index (χ4v) is 2.35. The summed E-state index contributed by atoms with van der Waals surface area (Å²) in [6.07, 6.45) is 0. The van der Waals surface area contributed by atoms with E-state index in [0.717, 1.165) is 17.7 Å². The molecule has 27 heavy (non-hydrogen) atoms. The molecule has 0 fully saturated rings. The van der Waals surface area contributed by atoms with Gasteiger partial charge in [0.25, 0.3) is 5.91 Å². The molecule has 138 valence electrons. The van der Waals surface area contributed by atoms with Crippen LogP contribution in [-0.4, -0.2) is 23.2 Å². The summed E-state index contributed by atoms with van der Waals surface area (Å²) in [7, 11) is 1.56. The van der Waals surface area contributed by atoms with Crippen LogP contribution < -0.4 is 15.4 Å². The summed E-state index contributed by atoms with van der Waals surface area (Å²) in [5.74, 6) is -1.57. The average Bonchev–Trinajstić information content (AvgIpc) is 2.65. The number of methoxy groups -OCH3 is 1. The van der Waals surface area contributed by atoms with E-state index in [1.807, 2.05) is 25.1 Å². The molecular formula is C19H16F2N4O2. The highest BCUT2D eigenvalue weighted by Crippen LogP contribution is 2.27. The molecule has 0 spiro atoms. The standard InChI is InChI=1S/C19H16F2N4O2/c1-11-3-7-17(27-2)16(9-11)23-18-8-6-15(24-25-18)19(26)22-12-4-5-13(20)14(21)10-12/h3-10H,1-2H3,(H,22,26)(H,23,25). The molecule has 0 unspecified atom stereocenters. The number of carbonyl (C=O) groups excluding carboxylic acids is 1. The van der Waals surface area contributed by atoms with E-state index in [4.69, 9.17) is 4.74 Å². The lowest BCUT2D eigenvalue weighted by Gasteiger charge is -2.11. The molecule has 8 heteroatoms. The number of hydrogen-bond donors (Lipinski definition) is 2. The first kappa shape index (κ1) is 18.2. The summed E-state index contributed by atoms with van der Waals surface area (Å²) < 4.78 is 31.4. The summed E-state index contributed by atoms with van der Waals surface area (Å²) in [6, 6.07) is 11.8. The first-order valence-electron chi connectivity index (χ1n) is 7.98. The highest BCUT2D eigenvalue weighted by atomic mass is 19.2. The van der Waals surface area contributed by atoms with Crippen molar-refractivity contribution in [2.45, 2.75) is 6.92 Å². The second kappa shape index (κ2) is 7.77. The fraction of sp³-hybridized carbons (Fsp3) is 0.105. The third-order valence-corrected chi connectivity index (χ3v) is 3.69. The molecule has 0 bridgehead atoms. The number of aromatic nitrogens is 2. The van der Waals surface area contributed by atoms with E-state index in [1.165, 1.54) is 12.1 Å². The average molecular weight is 370 g/mol. The Balaban J connectivity index is 1.72. The molecule has 3 aromatic rings. The number of nitrogens with one attached hydrogen (secondary N) is 2. The minimum absolute atomic E-state index is 0.0292. The van der Waals surface area contributed by atoms with Gasteiger partial charge in [-0.2, -0.15) is 0 Å². The fourth-order valence-electron chi connectivity index (χ4n) is 2.35. The lowest BCUT2D eigenvalue weighted by molar-refractivity contribution is 0.102. The first-order valence-corrected chi connectivity index (χ1v) is 7.98. The Hall–Kier alpha value is -3.55. The number of amides is 1. The molecule has 6 nitrogen and oxygen atoms in total. The monoisotopic (exact) mass is 370 g/mol. The molecule has 2 aromatic carbocycles. The van der Waals surface area contributed by atoms with Crippen LogP contribution in [0.3, 0.4) is 0 Å². The molecule has 0 radical (unpaired) electrons. The van der Waals surface area contributed by atoms with Gasteiger partial charge in [0, 0.05) is 11.8 Å². The van der Waals surface area contributed by atoms with Gasteiger partial charge < -0.3 is 15.4 Å². The number of rotatable bonds is 5. The molecule has 3 rings (SSSR count). The van der Waals surface area contributed by atoms with Crippen LogP contribution in [0.25, 0.3) is 0 Å². The number of halogens is 2. The highest BCUT2D eigenvalue weighted by molar-refractivity contribution is 6.02. The van der Waals surface area contributed by atoms with E-state index in [0.29, 0.717) is 17.3 Å². The lowest BCUT2D eigenvalue weighted by Crippen LogP contribution is -2.14. The number of benzene rings is 2. The minimum Gasteiger partial charge on any atom is -0.495 e. The maximum Gasteiger partial charge on any atom is 0.276 e. The van der Waals surface area contributed by atoms with Crippen molar-refractivity contribution < 1.29 is 18.3 Å². The largest absolute Gasteiger partial charge is 0.495 e. The quantitative estimate of drug-likeness (QED) is 0.708. The summed E-state index contributed by atoms with van der Waals surface area (Å²) in [6.45, 7) is 1.95. The summed E-state index contributed by atoms with van der Waals surface area (Å²) in [5, 5.41) is 13.3. The van der Waals surface area contributed by atoms with Gasteiger partial charge >= 0.3 is 0 Å². The van der Waals surface area contributed by atoms with E-state index in [1.54, 1.807) is 13.2 Å². The Morgan fingerprint density at radius 3 is 2.48 bits per heavy atom. The number of anilines is 3. The summed E-state index contributed by atoms with van der Waals surface area (Å²) in [4.78, 5) is 12.2. The summed E-state index contributed by atoms with van der Waals surface area (Å²) in [5.41, 5.74) is 1.90. The topological polar surface area (TPSA) is 76.1 Å². The Labute approximate surface area is 154 Å². The van der Waals surface area contributed by atoms with Crippen molar-refractivity contribution in [2.24, 2.45) is 0 Å². The predicted molar refractivity (Wildman–Crippen MR) is 97.4 cm³/mol. The third kappa shape index (κ3) is 4.35. The molecule has 0 saturated heterocycles. The van der Waals surface area contributed by atoms with Crippen LogP contribution in [0.4, 0.5) is 26.0 Å². The normalized spacial score (nSPS) is 10.4. The zero-order valence-electron chi connectivity index (χ0n) is 14.6. The van der Waals surface area contributed by atoms with Gasteiger partial charge in [-0.3, -0.25) is 4.79 Å². The maximum atomic E-state index is 13.2. The van der Waals surface area contributed by atoms with Gasteiger partial charge in [0.2, 0.25) is 0 Å². The van der Waals surface area contributed by atoms with Crippen molar-refractivity contribution in [3.8, 4) is 5.75 Å². The molecule has 0 aliphatic carbocycles. The number of carbonyl (C=O) groups is 1. The first-order chi connectivity index (χ1) is 13.0. The zero-order chi connectivity index (χ0) is 19.4. The van der Waals surface area contributed by atoms with Gasteiger partial charge in [-0.05, 0) is 48.9 Å². The van der Waals surface area contributed by atoms with Crippen molar-refractivity contribution >= 4 is 23.1 Å². The van der Waals surface area contributed by atoms with Gasteiger partial charge in [0.05, 0.1) is 12.8 Å². The van der Waals surface area contributed by atoms with Gasteiger partial charge in [-0.1, -0.05) is 6.07 Å². The van der Waals surface area contributed by atoms with Crippen LogP contribution in [-0.2, 0) is 0 Å². The number of ether oxygens (including phenoxy) is 1. The molecule has 2 N–H and O–H groups in total. The minimum atomic E-state index is -1.05. The van der Waals surface area contributed by atoms with Crippen LogP contribution in [0.15, 0.2) is 48.5 Å². The lowest BCUT2D eigenvalue weighted by atomic mass is 10.2. The Bertz CT molecular complexity index is 978. The molecule has 0 saturated carbocycles. The van der Waals surface area contributed by atoms with Crippen LogP contribution in [0, 0.1) is 18.6 Å². The van der Waals surface area contributed by atoms with Crippen LogP contribution in [0.1, 0.15) is 16.1 Å². The third-order valence-electron chi connectivity index (χ3n) is 3.69. The van der Waals surface area contributed by atoms with Crippen molar-refractivity contribution in [3.05, 3.63) is 71.4 Å². The van der Waals surface area contributed by atoms with Crippen molar-refractivity contribution in [1.29, 1.82) is 0 Å². The predicted octanol–water partition coefficient (Wildman–Crippen LogP) is 4.07. The Morgan fingerprint density at radius 2 is 1.81 bits per heavy atom. The Morgan fingerprint density at radius 1 is 1.00 bits per heavy atom. The zero-order valence-corrected chi connectivity index (χ0v) is 14.6. The number of nitrogens with zero attached hydrogens (tertiary/aromatic N) is 2. The summed E-state index contributed by atoms with van der Waals surface area (Å²) >= 11 is 0. The van der Waals surface area contributed by atoms with Crippen LogP contribution >= 0.6 is 0 Å². The second-order valence-corrected chi connectivity index (χ2v) is 5.72. The van der Waals surface area contributed by atoms with E-state index in [2.05, 4.69) is 20.8 Å². The van der Waals surface area contributed by atoms with Gasteiger partial charge in [0.15, 0.2) is 23.1 Å². The van der Waals surface area contributed by atoms with Crippen molar-refractivity contribution in [3.63, 3.8) is 0 Å². The van der Waals surface area contributed by atoms with E-state index in [9.17, 15) is 13.6 Å². The number of aryl methyl sites for hydroxylation is 1. The van der Waals surface area contributed by atoms with Gasteiger partial charge in [-0.25, -0.2) is 8.78 Å². The molecule has 1 amide bonds. The smallest absolute Gasteiger partial charge is 0.276 e. The molecule has 1 heterocycles. The SMILES string of the molecule is COc1ccc(C)cc1Nc1ccc(C(=O)Nc2ccc(F)c(F)c2)nn1.